The van der Waals surface area contributed by atoms with Gasteiger partial charge < -0.3 is 9.73 Å². The van der Waals surface area contributed by atoms with E-state index in [-0.39, 0.29) is 6.04 Å². The van der Waals surface area contributed by atoms with Crippen LogP contribution in [0.1, 0.15) is 24.3 Å². The van der Waals surface area contributed by atoms with Crippen LogP contribution in [0.15, 0.2) is 41.0 Å². The molecule has 2 rings (SSSR count). The third-order valence-corrected chi connectivity index (χ3v) is 3.65. The van der Waals surface area contributed by atoms with Crippen molar-refractivity contribution in [1.29, 1.82) is 0 Å². The predicted molar refractivity (Wildman–Crippen MR) is 75.3 cm³/mol. The van der Waals surface area contributed by atoms with E-state index < -0.39 is 0 Å². The average molecular weight is 284 g/mol. The van der Waals surface area contributed by atoms with Crippen LogP contribution < -0.4 is 5.32 Å². The van der Waals surface area contributed by atoms with Gasteiger partial charge in [-0.2, -0.15) is 0 Å². The number of hydrogen-bond donors (Lipinski definition) is 1. The van der Waals surface area contributed by atoms with Crippen LogP contribution in [0.25, 0.3) is 0 Å². The summed E-state index contributed by atoms with van der Waals surface area (Å²) in [5.41, 5.74) is 1.02. The van der Waals surface area contributed by atoms with Crippen LogP contribution in [-0.4, -0.2) is 6.54 Å². The summed E-state index contributed by atoms with van der Waals surface area (Å²) in [6.45, 7) is 2.93. The van der Waals surface area contributed by atoms with Crippen molar-refractivity contribution >= 4 is 23.2 Å². The second-order valence-corrected chi connectivity index (χ2v) is 4.83. The van der Waals surface area contributed by atoms with Gasteiger partial charge in [-0.1, -0.05) is 42.3 Å². The van der Waals surface area contributed by atoms with E-state index in [9.17, 15) is 0 Å². The summed E-state index contributed by atoms with van der Waals surface area (Å²) >= 11 is 12.2. The maximum absolute atomic E-state index is 6.21. The van der Waals surface area contributed by atoms with Gasteiger partial charge in [0.05, 0.1) is 22.4 Å². The van der Waals surface area contributed by atoms with E-state index in [0.29, 0.717) is 10.0 Å². The van der Waals surface area contributed by atoms with Crippen LogP contribution in [0.2, 0.25) is 10.0 Å². The molecule has 4 heteroatoms. The Bertz CT molecular complexity index is 497. The molecule has 2 nitrogen and oxygen atoms in total. The Balaban J connectivity index is 2.21. The monoisotopic (exact) mass is 283 g/mol. The normalized spacial score (nSPS) is 12.6. The van der Waals surface area contributed by atoms with Gasteiger partial charge in [-0.15, -0.1) is 0 Å². The minimum Gasteiger partial charge on any atom is -0.468 e. The van der Waals surface area contributed by atoms with E-state index in [0.717, 1.165) is 24.3 Å². The maximum Gasteiger partial charge on any atom is 0.121 e. The molecule has 2 aromatic rings. The van der Waals surface area contributed by atoms with E-state index in [1.165, 1.54) is 0 Å². The van der Waals surface area contributed by atoms with Crippen molar-refractivity contribution in [2.45, 2.75) is 19.4 Å². The van der Waals surface area contributed by atoms with Crippen molar-refractivity contribution in [3.8, 4) is 0 Å². The fourth-order valence-electron chi connectivity index (χ4n) is 1.94. The molecule has 1 unspecified atom stereocenters. The molecule has 1 aromatic carbocycles. The Kier molecular flexibility index (Phi) is 4.70. The Morgan fingerprint density at radius 2 is 2.06 bits per heavy atom. The lowest BCUT2D eigenvalue weighted by molar-refractivity contribution is 0.416. The number of rotatable bonds is 5. The smallest absolute Gasteiger partial charge is 0.121 e. The Morgan fingerprint density at radius 3 is 2.72 bits per heavy atom. The highest BCUT2D eigenvalue weighted by Crippen LogP contribution is 2.29. The third kappa shape index (κ3) is 3.08. The zero-order chi connectivity index (χ0) is 13.0. The molecule has 1 aromatic heterocycles. The summed E-state index contributed by atoms with van der Waals surface area (Å²) in [6, 6.07) is 9.66. The van der Waals surface area contributed by atoms with Crippen LogP contribution in [0.5, 0.6) is 0 Å². The predicted octanol–water partition coefficient (Wildman–Crippen LogP) is 4.48. The maximum atomic E-state index is 6.21. The molecule has 0 saturated carbocycles. The molecule has 0 bridgehead atoms. The van der Waals surface area contributed by atoms with Crippen LogP contribution in [0, 0.1) is 0 Å². The average Bonchev–Trinajstić information content (AvgIpc) is 2.88. The van der Waals surface area contributed by atoms with Crippen molar-refractivity contribution in [3.05, 3.63) is 58.0 Å². The first kappa shape index (κ1) is 13.5. The Labute approximate surface area is 117 Å². The summed E-state index contributed by atoms with van der Waals surface area (Å²) in [4.78, 5) is 0. The minimum absolute atomic E-state index is 0.112. The first-order valence-electron chi connectivity index (χ1n) is 5.92. The molecule has 1 atom stereocenters. The zero-order valence-electron chi connectivity index (χ0n) is 10.1. The largest absolute Gasteiger partial charge is 0.468 e. The number of hydrogen-bond acceptors (Lipinski definition) is 2. The second kappa shape index (κ2) is 6.28. The highest BCUT2D eigenvalue weighted by Gasteiger charge is 2.16. The summed E-state index contributed by atoms with van der Waals surface area (Å²) in [5.74, 6) is 0.910. The van der Waals surface area contributed by atoms with Crippen LogP contribution in [-0.2, 0) is 6.42 Å². The highest BCUT2D eigenvalue weighted by atomic mass is 35.5. The van der Waals surface area contributed by atoms with Gasteiger partial charge >= 0.3 is 0 Å². The molecular formula is C14H15Cl2NO. The molecule has 0 radical (unpaired) electrons. The molecule has 18 heavy (non-hydrogen) atoms. The van der Waals surface area contributed by atoms with Gasteiger partial charge in [0.15, 0.2) is 0 Å². The van der Waals surface area contributed by atoms with Crippen LogP contribution >= 0.6 is 23.2 Å². The van der Waals surface area contributed by atoms with Gasteiger partial charge in [-0.25, -0.2) is 0 Å². The quantitative estimate of drug-likeness (QED) is 0.875. The van der Waals surface area contributed by atoms with Crippen LogP contribution in [0.3, 0.4) is 0 Å². The fourth-order valence-corrected chi connectivity index (χ4v) is 2.33. The number of benzene rings is 1. The zero-order valence-corrected chi connectivity index (χ0v) is 11.6. The number of halogens is 2. The number of likely N-dealkylation sites (N-methyl/N-ethyl adjacent to an activating group) is 1. The molecular weight excluding hydrogens is 269 g/mol. The van der Waals surface area contributed by atoms with E-state index in [1.807, 2.05) is 24.3 Å². The fraction of sp³-hybridized carbons (Fsp3) is 0.286. The number of furan rings is 1. The highest BCUT2D eigenvalue weighted by molar-refractivity contribution is 6.42. The Hall–Kier alpha value is -0.960. The van der Waals surface area contributed by atoms with Gasteiger partial charge in [0, 0.05) is 0 Å². The van der Waals surface area contributed by atoms with Crippen molar-refractivity contribution in [2.24, 2.45) is 0 Å². The summed E-state index contributed by atoms with van der Waals surface area (Å²) < 4.78 is 5.45. The Morgan fingerprint density at radius 1 is 1.22 bits per heavy atom. The van der Waals surface area contributed by atoms with Gasteiger partial charge in [-0.3, -0.25) is 0 Å². The lowest BCUT2D eigenvalue weighted by Crippen LogP contribution is -2.22. The van der Waals surface area contributed by atoms with Gasteiger partial charge in [0.1, 0.15) is 5.76 Å². The lowest BCUT2D eigenvalue weighted by Gasteiger charge is -2.16. The molecule has 0 fully saturated rings. The second-order valence-electron chi connectivity index (χ2n) is 4.04. The van der Waals surface area contributed by atoms with Gasteiger partial charge in [0.2, 0.25) is 0 Å². The molecule has 0 saturated heterocycles. The lowest BCUT2D eigenvalue weighted by atomic mass is 10.0. The molecule has 0 aliphatic rings. The molecule has 0 amide bonds. The van der Waals surface area contributed by atoms with Crippen molar-refractivity contribution < 1.29 is 4.42 Å². The molecule has 0 aliphatic heterocycles. The first-order valence-corrected chi connectivity index (χ1v) is 6.67. The topological polar surface area (TPSA) is 25.2 Å². The standard InChI is InChI=1S/C14H15Cl2NO/c1-2-17-12(13-7-4-8-18-13)9-10-5-3-6-11(15)14(10)16/h3-8,12,17H,2,9H2,1H3. The third-order valence-electron chi connectivity index (χ3n) is 2.79. The molecule has 96 valence electrons. The van der Waals surface area contributed by atoms with E-state index in [4.69, 9.17) is 27.6 Å². The van der Waals surface area contributed by atoms with Crippen LogP contribution in [0.4, 0.5) is 0 Å². The van der Waals surface area contributed by atoms with Crippen molar-refractivity contribution in [1.82, 2.24) is 5.32 Å². The molecule has 0 spiro atoms. The summed E-state index contributed by atoms with van der Waals surface area (Å²) in [5, 5.41) is 4.59. The van der Waals surface area contributed by atoms with E-state index >= 15 is 0 Å². The first-order chi connectivity index (χ1) is 8.72. The van der Waals surface area contributed by atoms with Gasteiger partial charge in [0.25, 0.3) is 0 Å². The molecule has 1 N–H and O–H groups in total. The number of nitrogens with one attached hydrogen (secondary N) is 1. The van der Waals surface area contributed by atoms with Crippen molar-refractivity contribution in [3.63, 3.8) is 0 Å². The van der Waals surface area contributed by atoms with Gasteiger partial charge in [-0.05, 0) is 36.7 Å². The van der Waals surface area contributed by atoms with Crippen molar-refractivity contribution in [2.75, 3.05) is 6.54 Å². The SMILES string of the molecule is CCNC(Cc1cccc(Cl)c1Cl)c1ccco1. The van der Waals surface area contributed by atoms with E-state index in [1.54, 1.807) is 12.3 Å². The van der Waals surface area contributed by atoms with E-state index in [2.05, 4.69) is 12.2 Å². The molecule has 0 aliphatic carbocycles. The summed E-state index contributed by atoms with van der Waals surface area (Å²) in [7, 11) is 0. The molecule has 1 heterocycles. The minimum atomic E-state index is 0.112. The summed E-state index contributed by atoms with van der Waals surface area (Å²) in [6.07, 6.45) is 2.43.